The van der Waals surface area contributed by atoms with Crippen molar-refractivity contribution in [3.63, 3.8) is 0 Å². The maximum Gasteiger partial charge on any atom is 0.344 e. The highest BCUT2D eigenvalue weighted by Crippen LogP contribution is 2.22. The van der Waals surface area contributed by atoms with Crippen LogP contribution in [0.25, 0.3) is 11.1 Å². The molecule has 0 bridgehead atoms. The van der Waals surface area contributed by atoms with E-state index in [1.165, 1.54) is 0 Å². The minimum atomic E-state index is -0.611. The summed E-state index contributed by atoms with van der Waals surface area (Å²) in [6.45, 7) is -0.639. The van der Waals surface area contributed by atoms with E-state index >= 15 is 0 Å². The lowest BCUT2D eigenvalue weighted by atomic mass is 10.1. The first-order valence-corrected chi connectivity index (χ1v) is 9.52. The zero-order chi connectivity index (χ0) is 21.3. The van der Waals surface area contributed by atoms with Crippen LogP contribution in [-0.4, -0.2) is 39.2 Å². The molecule has 154 valence electrons. The van der Waals surface area contributed by atoms with Crippen LogP contribution in [0, 0.1) is 0 Å². The number of nitrogens with one attached hydrogen (secondary N) is 1. The van der Waals surface area contributed by atoms with E-state index in [0.717, 1.165) is 16.8 Å². The second-order valence-corrected chi connectivity index (χ2v) is 6.83. The Kier molecular flexibility index (Phi) is 7.05. The molecular formula is C24H24N2O4. The molecule has 0 fully saturated rings. The third-order valence-electron chi connectivity index (χ3n) is 4.35. The van der Waals surface area contributed by atoms with Crippen molar-refractivity contribution >= 4 is 23.3 Å². The normalized spacial score (nSPS) is 10.2. The molecule has 0 saturated carbocycles. The maximum absolute atomic E-state index is 11.9. The zero-order valence-electron chi connectivity index (χ0n) is 17.0. The van der Waals surface area contributed by atoms with Gasteiger partial charge in [-0.2, -0.15) is 0 Å². The van der Waals surface area contributed by atoms with Crippen LogP contribution in [0.4, 0.5) is 11.4 Å². The van der Waals surface area contributed by atoms with Crippen LogP contribution >= 0.6 is 0 Å². The number of esters is 1. The number of ether oxygens (including phenoxy) is 2. The summed E-state index contributed by atoms with van der Waals surface area (Å²) in [6.07, 6.45) is 0. The average molecular weight is 404 g/mol. The smallest absolute Gasteiger partial charge is 0.344 e. The van der Waals surface area contributed by atoms with Gasteiger partial charge < -0.3 is 19.7 Å². The molecule has 0 unspecified atom stereocenters. The van der Waals surface area contributed by atoms with Crippen LogP contribution in [0.2, 0.25) is 0 Å². The summed E-state index contributed by atoms with van der Waals surface area (Å²) < 4.78 is 10.4. The van der Waals surface area contributed by atoms with Crippen LogP contribution in [0.3, 0.4) is 0 Å². The van der Waals surface area contributed by atoms with Crippen molar-refractivity contribution in [3.05, 3.63) is 78.9 Å². The Labute approximate surface area is 176 Å². The Balaban J connectivity index is 1.40. The fraction of sp³-hybridized carbons (Fsp3) is 0.167. The molecule has 30 heavy (non-hydrogen) atoms. The molecule has 0 aliphatic rings. The van der Waals surface area contributed by atoms with Gasteiger partial charge in [-0.3, -0.25) is 4.79 Å². The van der Waals surface area contributed by atoms with Gasteiger partial charge in [-0.05, 0) is 47.5 Å². The number of nitrogens with zero attached hydrogens (tertiary/aromatic N) is 1. The van der Waals surface area contributed by atoms with E-state index < -0.39 is 11.9 Å². The number of anilines is 2. The van der Waals surface area contributed by atoms with Crippen LogP contribution in [0.1, 0.15) is 0 Å². The fourth-order valence-corrected chi connectivity index (χ4v) is 2.74. The van der Waals surface area contributed by atoms with Crippen LogP contribution in [0.5, 0.6) is 5.75 Å². The van der Waals surface area contributed by atoms with Gasteiger partial charge in [0.1, 0.15) is 5.75 Å². The minimum absolute atomic E-state index is 0.268. The third-order valence-corrected chi connectivity index (χ3v) is 4.35. The SMILES string of the molecule is CN(C)c1ccc(NC(=O)COC(=O)COc2ccc(-c3ccccc3)cc2)cc1. The summed E-state index contributed by atoms with van der Waals surface area (Å²) in [5.74, 6) is -0.467. The molecule has 1 amide bonds. The van der Waals surface area contributed by atoms with E-state index in [0.29, 0.717) is 11.4 Å². The van der Waals surface area contributed by atoms with Crippen molar-refractivity contribution in [2.75, 3.05) is 37.5 Å². The lowest BCUT2D eigenvalue weighted by molar-refractivity contribution is -0.149. The molecule has 3 rings (SSSR count). The highest BCUT2D eigenvalue weighted by atomic mass is 16.6. The van der Waals surface area contributed by atoms with Crippen LogP contribution in [-0.2, 0) is 14.3 Å². The number of hydrogen-bond donors (Lipinski definition) is 1. The Morgan fingerprint density at radius 1 is 0.800 bits per heavy atom. The van der Waals surface area contributed by atoms with Crippen molar-refractivity contribution < 1.29 is 19.1 Å². The molecule has 0 radical (unpaired) electrons. The average Bonchev–Trinajstić information content (AvgIpc) is 2.77. The number of rotatable bonds is 8. The molecule has 0 saturated heterocycles. The fourth-order valence-electron chi connectivity index (χ4n) is 2.74. The van der Waals surface area contributed by atoms with Crippen molar-refractivity contribution in [3.8, 4) is 16.9 Å². The van der Waals surface area contributed by atoms with E-state index in [2.05, 4.69) is 5.32 Å². The van der Waals surface area contributed by atoms with E-state index in [1.54, 1.807) is 24.3 Å². The standard InChI is InChI=1S/C24H24N2O4/c1-26(2)21-12-10-20(11-13-21)25-23(27)16-30-24(28)17-29-22-14-8-19(9-15-22)18-6-4-3-5-7-18/h3-15H,16-17H2,1-2H3,(H,25,27). The molecule has 6 nitrogen and oxygen atoms in total. The van der Waals surface area contributed by atoms with Crippen molar-refractivity contribution in [2.24, 2.45) is 0 Å². The summed E-state index contributed by atoms with van der Waals surface area (Å²) >= 11 is 0. The lowest BCUT2D eigenvalue weighted by Gasteiger charge is -2.13. The largest absolute Gasteiger partial charge is 0.482 e. The molecule has 0 aromatic heterocycles. The van der Waals surface area contributed by atoms with E-state index in [4.69, 9.17) is 9.47 Å². The van der Waals surface area contributed by atoms with Gasteiger partial charge in [-0.1, -0.05) is 42.5 Å². The number of amides is 1. The van der Waals surface area contributed by atoms with Gasteiger partial charge in [0, 0.05) is 25.5 Å². The van der Waals surface area contributed by atoms with E-state index in [-0.39, 0.29) is 13.2 Å². The quantitative estimate of drug-likeness (QED) is 0.575. The third kappa shape index (κ3) is 6.10. The summed E-state index contributed by atoms with van der Waals surface area (Å²) in [5.41, 5.74) is 3.82. The monoisotopic (exact) mass is 404 g/mol. The van der Waals surface area contributed by atoms with E-state index in [1.807, 2.05) is 73.6 Å². The molecule has 0 heterocycles. The van der Waals surface area contributed by atoms with Gasteiger partial charge in [0.2, 0.25) is 0 Å². The molecule has 6 heteroatoms. The van der Waals surface area contributed by atoms with Crippen LogP contribution in [0.15, 0.2) is 78.9 Å². The molecule has 0 aliphatic carbocycles. The number of hydrogen-bond acceptors (Lipinski definition) is 5. The molecular weight excluding hydrogens is 380 g/mol. The molecule has 0 atom stereocenters. The predicted octanol–water partition coefficient (Wildman–Crippen LogP) is 3.98. The van der Waals surface area contributed by atoms with Gasteiger partial charge in [-0.25, -0.2) is 4.79 Å². The van der Waals surface area contributed by atoms with Gasteiger partial charge >= 0.3 is 5.97 Å². The zero-order valence-corrected chi connectivity index (χ0v) is 17.0. The van der Waals surface area contributed by atoms with Gasteiger partial charge in [0.15, 0.2) is 13.2 Å². The van der Waals surface area contributed by atoms with Crippen molar-refractivity contribution in [1.82, 2.24) is 0 Å². The van der Waals surface area contributed by atoms with Gasteiger partial charge in [0.25, 0.3) is 5.91 Å². The first-order valence-electron chi connectivity index (χ1n) is 9.52. The maximum atomic E-state index is 11.9. The minimum Gasteiger partial charge on any atom is -0.482 e. The number of carbonyl (C=O) groups is 2. The summed E-state index contributed by atoms with van der Waals surface area (Å²) in [5, 5.41) is 2.68. The lowest BCUT2D eigenvalue weighted by Crippen LogP contribution is -2.23. The first kappa shape index (κ1) is 20.9. The Morgan fingerprint density at radius 3 is 2.07 bits per heavy atom. The first-order chi connectivity index (χ1) is 14.5. The Hall–Kier alpha value is -3.80. The number of benzene rings is 3. The second-order valence-electron chi connectivity index (χ2n) is 6.83. The van der Waals surface area contributed by atoms with Crippen LogP contribution < -0.4 is 15.0 Å². The topological polar surface area (TPSA) is 67.9 Å². The molecule has 3 aromatic carbocycles. The summed E-state index contributed by atoms with van der Waals surface area (Å²) in [7, 11) is 3.87. The summed E-state index contributed by atoms with van der Waals surface area (Å²) in [6, 6.07) is 24.7. The highest BCUT2D eigenvalue weighted by molar-refractivity contribution is 5.93. The molecule has 0 aliphatic heterocycles. The van der Waals surface area contributed by atoms with E-state index in [9.17, 15) is 9.59 Å². The molecule has 3 aromatic rings. The molecule has 0 spiro atoms. The van der Waals surface area contributed by atoms with Gasteiger partial charge in [0.05, 0.1) is 0 Å². The number of carbonyl (C=O) groups excluding carboxylic acids is 2. The van der Waals surface area contributed by atoms with Gasteiger partial charge in [-0.15, -0.1) is 0 Å². The Bertz CT molecular complexity index is 968. The summed E-state index contributed by atoms with van der Waals surface area (Å²) in [4.78, 5) is 25.8. The Morgan fingerprint density at radius 2 is 1.43 bits per heavy atom. The van der Waals surface area contributed by atoms with Crippen molar-refractivity contribution in [1.29, 1.82) is 0 Å². The predicted molar refractivity (Wildman–Crippen MR) is 118 cm³/mol. The molecule has 1 N–H and O–H groups in total. The second kappa shape index (κ2) is 10.1. The van der Waals surface area contributed by atoms with Crippen molar-refractivity contribution in [2.45, 2.75) is 0 Å². The highest BCUT2D eigenvalue weighted by Gasteiger charge is 2.09.